The SMILES string of the molecule is Cc1cnc2c(S(=O)(=O)N3CCOC[C@H]3C)cccc2c1. The first-order valence-corrected chi connectivity index (χ1v) is 8.39. The van der Waals surface area contributed by atoms with Gasteiger partial charge in [0.25, 0.3) is 0 Å². The van der Waals surface area contributed by atoms with Gasteiger partial charge in [0.1, 0.15) is 4.90 Å². The molecule has 21 heavy (non-hydrogen) atoms. The fraction of sp³-hybridized carbons (Fsp3) is 0.400. The molecule has 112 valence electrons. The first-order chi connectivity index (χ1) is 10.00. The summed E-state index contributed by atoms with van der Waals surface area (Å²) in [4.78, 5) is 4.60. The molecule has 1 aromatic carbocycles. The van der Waals surface area contributed by atoms with Crippen molar-refractivity contribution in [3.8, 4) is 0 Å². The van der Waals surface area contributed by atoms with Crippen molar-refractivity contribution in [1.29, 1.82) is 0 Å². The number of morpholine rings is 1. The maximum atomic E-state index is 12.9. The second kappa shape index (κ2) is 5.36. The molecule has 0 amide bonds. The Balaban J connectivity index is 2.15. The van der Waals surface area contributed by atoms with Crippen LogP contribution in [0.1, 0.15) is 12.5 Å². The summed E-state index contributed by atoms with van der Waals surface area (Å²) in [5.41, 5.74) is 1.54. The number of fused-ring (bicyclic) bond motifs is 1. The number of benzene rings is 1. The molecule has 0 unspecified atom stereocenters. The fourth-order valence-corrected chi connectivity index (χ4v) is 4.41. The summed E-state index contributed by atoms with van der Waals surface area (Å²) >= 11 is 0. The summed E-state index contributed by atoms with van der Waals surface area (Å²) in [7, 11) is -3.56. The lowest BCUT2D eigenvalue weighted by Crippen LogP contribution is -2.47. The Morgan fingerprint density at radius 1 is 1.38 bits per heavy atom. The second-order valence-electron chi connectivity index (χ2n) is 5.38. The number of nitrogens with zero attached hydrogens (tertiary/aromatic N) is 2. The molecule has 6 heteroatoms. The van der Waals surface area contributed by atoms with Gasteiger partial charge in [0, 0.05) is 24.2 Å². The maximum Gasteiger partial charge on any atom is 0.245 e. The van der Waals surface area contributed by atoms with Gasteiger partial charge in [0.05, 0.1) is 18.7 Å². The summed E-state index contributed by atoms with van der Waals surface area (Å²) < 4.78 is 32.7. The quantitative estimate of drug-likeness (QED) is 0.851. The Hall–Kier alpha value is -1.50. The van der Waals surface area contributed by atoms with Gasteiger partial charge in [0.15, 0.2) is 0 Å². The maximum absolute atomic E-state index is 12.9. The average Bonchev–Trinajstić information content (AvgIpc) is 2.46. The van der Waals surface area contributed by atoms with E-state index in [1.54, 1.807) is 18.3 Å². The molecule has 0 radical (unpaired) electrons. The molecule has 0 bridgehead atoms. The molecule has 2 heterocycles. The normalized spacial score (nSPS) is 20.8. The third-order valence-electron chi connectivity index (χ3n) is 3.70. The third-order valence-corrected chi connectivity index (χ3v) is 5.75. The Bertz CT molecular complexity index is 774. The molecule has 0 saturated carbocycles. The number of ether oxygens (including phenoxy) is 1. The first kappa shape index (κ1) is 14.4. The van der Waals surface area contributed by atoms with Gasteiger partial charge in [-0.2, -0.15) is 4.31 Å². The van der Waals surface area contributed by atoms with E-state index in [0.717, 1.165) is 10.9 Å². The van der Waals surface area contributed by atoms with Gasteiger partial charge >= 0.3 is 0 Å². The largest absolute Gasteiger partial charge is 0.378 e. The molecular formula is C15H18N2O3S. The van der Waals surface area contributed by atoms with Crippen molar-refractivity contribution in [1.82, 2.24) is 9.29 Å². The highest BCUT2D eigenvalue weighted by atomic mass is 32.2. The van der Waals surface area contributed by atoms with Gasteiger partial charge in [-0.15, -0.1) is 0 Å². The van der Waals surface area contributed by atoms with Crippen LogP contribution >= 0.6 is 0 Å². The number of aromatic nitrogens is 1. The summed E-state index contributed by atoms with van der Waals surface area (Å²) in [6.45, 7) is 5.04. The van der Waals surface area contributed by atoms with Crippen molar-refractivity contribution in [3.05, 3.63) is 36.0 Å². The highest BCUT2D eigenvalue weighted by Crippen LogP contribution is 2.26. The molecule has 1 aliphatic heterocycles. The van der Waals surface area contributed by atoms with Crippen LogP contribution in [0.3, 0.4) is 0 Å². The number of aryl methyl sites for hydroxylation is 1. The molecule has 2 aromatic rings. The Kier molecular flexibility index (Phi) is 3.69. The fourth-order valence-electron chi connectivity index (χ4n) is 2.65. The lowest BCUT2D eigenvalue weighted by Gasteiger charge is -2.32. The van der Waals surface area contributed by atoms with E-state index >= 15 is 0 Å². The molecule has 1 aliphatic rings. The average molecular weight is 306 g/mol. The van der Waals surface area contributed by atoms with Crippen molar-refractivity contribution >= 4 is 20.9 Å². The lowest BCUT2D eigenvalue weighted by atomic mass is 10.2. The van der Waals surface area contributed by atoms with Crippen LogP contribution in [0.5, 0.6) is 0 Å². The van der Waals surface area contributed by atoms with E-state index in [-0.39, 0.29) is 10.9 Å². The van der Waals surface area contributed by atoms with Crippen LogP contribution in [0, 0.1) is 6.92 Å². The highest BCUT2D eigenvalue weighted by molar-refractivity contribution is 7.89. The predicted molar refractivity (Wildman–Crippen MR) is 80.7 cm³/mol. The zero-order chi connectivity index (χ0) is 15.0. The smallest absolute Gasteiger partial charge is 0.245 e. The minimum atomic E-state index is -3.56. The molecule has 5 nitrogen and oxygen atoms in total. The number of rotatable bonds is 2. The summed E-state index contributed by atoms with van der Waals surface area (Å²) in [6.07, 6.45) is 1.70. The van der Waals surface area contributed by atoms with Crippen LogP contribution in [-0.4, -0.2) is 43.5 Å². The van der Waals surface area contributed by atoms with E-state index < -0.39 is 10.0 Å². The monoisotopic (exact) mass is 306 g/mol. The van der Waals surface area contributed by atoms with Crippen molar-refractivity contribution in [2.45, 2.75) is 24.8 Å². The molecule has 0 spiro atoms. The zero-order valence-electron chi connectivity index (χ0n) is 12.1. The molecule has 1 saturated heterocycles. The Morgan fingerprint density at radius 3 is 2.95 bits per heavy atom. The topological polar surface area (TPSA) is 59.5 Å². The van der Waals surface area contributed by atoms with Gasteiger partial charge in [-0.25, -0.2) is 8.42 Å². The van der Waals surface area contributed by atoms with Crippen LogP contribution in [0.15, 0.2) is 35.4 Å². The van der Waals surface area contributed by atoms with Crippen LogP contribution in [-0.2, 0) is 14.8 Å². The van der Waals surface area contributed by atoms with Crippen molar-refractivity contribution in [2.24, 2.45) is 0 Å². The van der Waals surface area contributed by atoms with Gasteiger partial charge in [-0.1, -0.05) is 12.1 Å². The third kappa shape index (κ3) is 2.54. The number of hydrogen-bond acceptors (Lipinski definition) is 4. The van der Waals surface area contributed by atoms with E-state index in [1.807, 2.05) is 26.0 Å². The summed E-state index contributed by atoms with van der Waals surface area (Å²) in [5, 5.41) is 0.844. The molecular weight excluding hydrogens is 288 g/mol. The van der Waals surface area contributed by atoms with Crippen LogP contribution in [0.25, 0.3) is 10.9 Å². The highest BCUT2D eigenvalue weighted by Gasteiger charge is 2.32. The Morgan fingerprint density at radius 2 is 2.19 bits per heavy atom. The second-order valence-corrected chi connectivity index (χ2v) is 7.24. The first-order valence-electron chi connectivity index (χ1n) is 6.95. The van der Waals surface area contributed by atoms with Crippen molar-refractivity contribution in [3.63, 3.8) is 0 Å². The van der Waals surface area contributed by atoms with Crippen molar-refractivity contribution < 1.29 is 13.2 Å². The van der Waals surface area contributed by atoms with Crippen molar-refractivity contribution in [2.75, 3.05) is 19.8 Å². The van der Waals surface area contributed by atoms with E-state index in [4.69, 9.17) is 4.74 Å². The van der Waals surface area contributed by atoms with E-state index in [2.05, 4.69) is 4.98 Å². The molecule has 1 fully saturated rings. The predicted octanol–water partition coefficient (Wildman–Crippen LogP) is 1.95. The molecule has 1 aromatic heterocycles. The molecule has 1 atom stereocenters. The number of hydrogen-bond donors (Lipinski definition) is 0. The van der Waals surface area contributed by atoms with E-state index in [1.165, 1.54) is 4.31 Å². The zero-order valence-corrected chi connectivity index (χ0v) is 12.9. The minimum absolute atomic E-state index is 0.163. The Labute approximate surface area is 124 Å². The molecule has 0 aliphatic carbocycles. The number of pyridine rings is 1. The van der Waals surface area contributed by atoms with Crippen LogP contribution < -0.4 is 0 Å². The van der Waals surface area contributed by atoms with Gasteiger partial charge in [0.2, 0.25) is 10.0 Å². The van der Waals surface area contributed by atoms with E-state index in [0.29, 0.717) is 25.3 Å². The van der Waals surface area contributed by atoms with Gasteiger partial charge < -0.3 is 4.74 Å². The summed E-state index contributed by atoms with van der Waals surface area (Å²) in [6, 6.07) is 7.06. The molecule has 0 N–H and O–H groups in total. The van der Waals surface area contributed by atoms with Gasteiger partial charge in [-0.3, -0.25) is 4.98 Å². The minimum Gasteiger partial charge on any atom is -0.378 e. The van der Waals surface area contributed by atoms with Crippen LogP contribution in [0.4, 0.5) is 0 Å². The van der Waals surface area contributed by atoms with Gasteiger partial charge in [-0.05, 0) is 31.5 Å². The summed E-state index contributed by atoms with van der Waals surface area (Å²) in [5.74, 6) is 0. The standard InChI is InChI=1S/C15H18N2O3S/c1-11-8-13-4-3-5-14(15(13)16-9-11)21(18,19)17-6-7-20-10-12(17)2/h3-5,8-9,12H,6-7,10H2,1-2H3/t12-/m1/s1. The van der Waals surface area contributed by atoms with Crippen LogP contribution in [0.2, 0.25) is 0 Å². The number of para-hydroxylation sites is 1. The van der Waals surface area contributed by atoms with E-state index in [9.17, 15) is 8.42 Å². The molecule has 3 rings (SSSR count). The lowest BCUT2D eigenvalue weighted by molar-refractivity contribution is 0.0393. The number of sulfonamides is 1.